The van der Waals surface area contributed by atoms with Gasteiger partial charge in [-0.15, -0.1) is 29.4 Å². The van der Waals surface area contributed by atoms with Crippen molar-refractivity contribution in [2.24, 2.45) is 0 Å². The summed E-state index contributed by atoms with van der Waals surface area (Å²) in [4.78, 5) is 2.56. The summed E-state index contributed by atoms with van der Waals surface area (Å²) in [7, 11) is 1.80. The maximum Gasteiger partial charge on any atom is 0.160 e. The number of fused-ring (bicyclic) bond motifs is 6. The van der Waals surface area contributed by atoms with Crippen LogP contribution in [-0.4, -0.2) is 47.4 Å². The molecule has 4 aliphatic rings. The van der Waals surface area contributed by atoms with Gasteiger partial charge in [-0.3, -0.25) is 4.90 Å². The molecular formula is C35H45BrCl2N2O3. The highest BCUT2D eigenvalue weighted by Crippen LogP contribution is 2.46. The second-order valence-corrected chi connectivity index (χ2v) is 12.7. The molecule has 43 heavy (non-hydrogen) atoms. The number of hydrogen-bond acceptors (Lipinski definition) is 5. The van der Waals surface area contributed by atoms with Crippen LogP contribution in [0.4, 0.5) is 0 Å². The van der Waals surface area contributed by atoms with E-state index in [-0.39, 0.29) is 40.9 Å². The molecule has 4 atom stereocenters. The quantitative estimate of drug-likeness (QED) is 0.242. The monoisotopic (exact) mass is 690 g/mol. The molecule has 2 saturated heterocycles. The third kappa shape index (κ3) is 6.99. The molecule has 5 nitrogen and oxygen atoms in total. The predicted octanol–water partition coefficient (Wildman–Crippen LogP) is 8.23. The fourth-order valence-corrected chi connectivity index (χ4v) is 8.27. The number of piperidine rings is 2. The van der Waals surface area contributed by atoms with Crippen molar-refractivity contribution >= 4 is 41.0 Å². The molecule has 2 heterocycles. The SMILES string of the molecule is Br.COc1c(C)ccc2c1CC[C@H]1NCCC[C@H]21.Cl.Oc1ccc2c(c1O)CC[C@@H]1[C@@H]2CCCN1Cc1cccc(Cl)c1. The third-order valence-electron chi connectivity index (χ3n) is 9.94. The lowest BCUT2D eigenvalue weighted by atomic mass is 9.74. The Hall–Kier alpha value is -1.96. The van der Waals surface area contributed by atoms with E-state index in [9.17, 15) is 10.2 Å². The van der Waals surface area contributed by atoms with Crippen molar-refractivity contribution in [3.05, 3.63) is 86.9 Å². The van der Waals surface area contributed by atoms with E-state index >= 15 is 0 Å². The van der Waals surface area contributed by atoms with Gasteiger partial charge in [0.25, 0.3) is 0 Å². The second-order valence-electron chi connectivity index (χ2n) is 12.3. The van der Waals surface area contributed by atoms with Crippen LogP contribution >= 0.6 is 41.0 Å². The van der Waals surface area contributed by atoms with E-state index in [1.165, 1.54) is 53.6 Å². The molecule has 2 fully saturated rings. The van der Waals surface area contributed by atoms with E-state index in [4.69, 9.17) is 16.3 Å². The molecule has 7 rings (SSSR count). The van der Waals surface area contributed by atoms with Crippen LogP contribution in [0.25, 0.3) is 0 Å². The Labute approximate surface area is 278 Å². The number of halogens is 3. The van der Waals surface area contributed by atoms with Crippen molar-refractivity contribution < 1.29 is 14.9 Å². The van der Waals surface area contributed by atoms with Crippen LogP contribution in [0.2, 0.25) is 5.02 Å². The van der Waals surface area contributed by atoms with E-state index in [2.05, 4.69) is 35.3 Å². The average molecular weight is 693 g/mol. The maximum absolute atomic E-state index is 10.2. The minimum Gasteiger partial charge on any atom is -0.504 e. The molecule has 234 valence electrons. The second kappa shape index (κ2) is 14.9. The normalized spacial score (nSPS) is 23.9. The van der Waals surface area contributed by atoms with Crippen LogP contribution in [0.1, 0.15) is 83.7 Å². The molecule has 0 aromatic heterocycles. The van der Waals surface area contributed by atoms with Crippen LogP contribution in [-0.2, 0) is 19.4 Å². The Morgan fingerprint density at radius 1 is 0.930 bits per heavy atom. The van der Waals surface area contributed by atoms with E-state index in [1.807, 2.05) is 24.3 Å². The van der Waals surface area contributed by atoms with Gasteiger partial charge in [0.05, 0.1) is 7.11 Å². The van der Waals surface area contributed by atoms with E-state index in [0.29, 0.717) is 23.9 Å². The van der Waals surface area contributed by atoms with Gasteiger partial charge in [-0.1, -0.05) is 41.9 Å². The lowest BCUT2D eigenvalue weighted by Crippen LogP contribution is -2.45. The van der Waals surface area contributed by atoms with Gasteiger partial charge in [-0.05, 0) is 129 Å². The number of benzene rings is 3. The maximum atomic E-state index is 10.2. The minimum atomic E-state index is -0.00112. The summed E-state index contributed by atoms with van der Waals surface area (Å²) in [6.07, 6.45) is 9.20. The van der Waals surface area contributed by atoms with Crippen molar-refractivity contribution in [2.75, 3.05) is 20.2 Å². The van der Waals surface area contributed by atoms with Gasteiger partial charge in [0.1, 0.15) is 5.75 Å². The van der Waals surface area contributed by atoms with Crippen molar-refractivity contribution in [3.63, 3.8) is 0 Å². The van der Waals surface area contributed by atoms with Crippen LogP contribution < -0.4 is 10.1 Å². The highest BCUT2D eigenvalue weighted by atomic mass is 79.9. The molecule has 0 amide bonds. The topological polar surface area (TPSA) is 65.0 Å². The highest BCUT2D eigenvalue weighted by molar-refractivity contribution is 8.93. The fraction of sp³-hybridized carbons (Fsp3) is 0.486. The Bertz CT molecular complexity index is 1400. The van der Waals surface area contributed by atoms with E-state index in [0.717, 1.165) is 61.5 Å². The Morgan fingerprint density at radius 3 is 2.47 bits per heavy atom. The molecule has 0 saturated carbocycles. The Balaban J connectivity index is 0.000000198. The standard InChI is InChI=1S/C20H22ClNO2.C15H21NO.BrH.ClH/c21-14-4-1-3-13(11-14)12-22-10-2-5-16-15-7-9-19(23)20(24)17(15)6-8-18(16)22;1-10-5-6-11-12-4-3-9-16-14(12)8-7-13(11)15(10)17-2;;/h1,3-4,7,9,11,16,18,23-24H,2,5-6,8,10,12H2;5-6,12,14,16H,3-4,7-9H2,1-2H3;2*1H/t16-,18-;12-,14-;;/m11../s1. The summed E-state index contributed by atoms with van der Waals surface area (Å²) < 4.78 is 5.60. The van der Waals surface area contributed by atoms with Crippen molar-refractivity contribution in [1.82, 2.24) is 10.2 Å². The van der Waals surface area contributed by atoms with Gasteiger partial charge in [0.2, 0.25) is 0 Å². The van der Waals surface area contributed by atoms with E-state index in [1.54, 1.807) is 13.2 Å². The highest BCUT2D eigenvalue weighted by Gasteiger charge is 2.37. The Morgan fingerprint density at radius 2 is 1.67 bits per heavy atom. The lowest BCUT2D eigenvalue weighted by molar-refractivity contribution is 0.104. The smallest absolute Gasteiger partial charge is 0.160 e. The summed E-state index contributed by atoms with van der Waals surface area (Å²) in [6.45, 7) is 5.36. The molecule has 2 aliphatic carbocycles. The average Bonchev–Trinajstić information content (AvgIpc) is 2.99. The first-order valence-corrected chi connectivity index (χ1v) is 15.7. The summed E-state index contributed by atoms with van der Waals surface area (Å²) >= 11 is 6.13. The number of methoxy groups -OCH3 is 1. The van der Waals surface area contributed by atoms with Gasteiger partial charge >= 0.3 is 0 Å². The number of phenolic OH excluding ortho intramolecular Hbond substituents is 2. The fourth-order valence-electron chi connectivity index (χ4n) is 8.06. The number of aryl methyl sites for hydroxylation is 1. The van der Waals surface area contributed by atoms with Crippen LogP contribution in [0.15, 0.2) is 48.5 Å². The minimum absolute atomic E-state index is 0. The number of ether oxygens (including phenoxy) is 1. The summed E-state index contributed by atoms with van der Waals surface area (Å²) in [5, 5.41) is 24.4. The van der Waals surface area contributed by atoms with Crippen molar-refractivity contribution in [2.45, 2.75) is 88.8 Å². The van der Waals surface area contributed by atoms with Crippen LogP contribution in [0.5, 0.6) is 17.2 Å². The molecule has 3 aromatic carbocycles. The number of nitrogens with one attached hydrogen (secondary N) is 1. The Kier molecular flexibility index (Phi) is 11.7. The van der Waals surface area contributed by atoms with Crippen LogP contribution in [0.3, 0.4) is 0 Å². The van der Waals surface area contributed by atoms with Crippen LogP contribution in [0, 0.1) is 6.92 Å². The summed E-state index contributed by atoms with van der Waals surface area (Å²) in [6, 6.07) is 17.5. The zero-order chi connectivity index (χ0) is 28.5. The van der Waals surface area contributed by atoms with Crippen molar-refractivity contribution in [3.8, 4) is 17.2 Å². The summed E-state index contributed by atoms with van der Waals surface area (Å²) in [5.74, 6) is 2.36. The lowest BCUT2D eigenvalue weighted by Gasteiger charge is -2.45. The van der Waals surface area contributed by atoms with Gasteiger partial charge in [-0.2, -0.15) is 0 Å². The molecule has 3 N–H and O–H groups in total. The van der Waals surface area contributed by atoms with E-state index < -0.39 is 0 Å². The molecule has 2 aliphatic heterocycles. The molecule has 0 unspecified atom stereocenters. The van der Waals surface area contributed by atoms with Gasteiger partial charge < -0.3 is 20.3 Å². The number of rotatable bonds is 3. The molecule has 0 bridgehead atoms. The zero-order valence-corrected chi connectivity index (χ0v) is 28.4. The number of aromatic hydroxyl groups is 2. The first-order chi connectivity index (χ1) is 19.9. The zero-order valence-electron chi connectivity index (χ0n) is 25.2. The number of phenols is 2. The summed E-state index contributed by atoms with van der Waals surface area (Å²) in [5.41, 5.74) is 7.70. The van der Waals surface area contributed by atoms with Crippen molar-refractivity contribution in [1.29, 1.82) is 0 Å². The molecule has 3 aromatic rings. The number of likely N-dealkylation sites (tertiary alicyclic amines) is 1. The predicted molar refractivity (Wildman–Crippen MR) is 183 cm³/mol. The number of hydrogen-bond donors (Lipinski definition) is 3. The molecular weight excluding hydrogens is 647 g/mol. The molecule has 0 spiro atoms. The van der Waals surface area contributed by atoms with Gasteiger partial charge in [-0.25, -0.2) is 0 Å². The van der Waals surface area contributed by atoms with Gasteiger partial charge in [0, 0.05) is 29.2 Å². The first kappa shape index (κ1) is 33.9. The largest absolute Gasteiger partial charge is 0.504 e. The van der Waals surface area contributed by atoms with Gasteiger partial charge in [0.15, 0.2) is 11.5 Å². The number of nitrogens with zero attached hydrogens (tertiary/aromatic N) is 1. The first-order valence-electron chi connectivity index (χ1n) is 15.4. The third-order valence-corrected chi connectivity index (χ3v) is 10.2. The molecule has 8 heteroatoms. The molecule has 0 radical (unpaired) electrons.